The predicted molar refractivity (Wildman–Crippen MR) is 165 cm³/mol. The average molecular weight is 599 g/mol. The number of carbonyl (C=O) groups is 2. The maximum absolute atomic E-state index is 12.2. The van der Waals surface area contributed by atoms with Crippen LogP contribution in [0.25, 0.3) is 0 Å². The minimum Gasteiger partial charge on any atom is -0.479 e. The maximum atomic E-state index is 12.2. The molecule has 3 N–H and O–H groups in total. The van der Waals surface area contributed by atoms with Gasteiger partial charge >= 0.3 is 11.9 Å². The number of aliphatic carboxylic acids is 2. The van der Waals surface area contributed by atoms with Gasteiger partial charge in [0.2, 0.25) is 5.60 Å². The fraction of sp³-hybridized carbons (Fsp3) is 0.941. The van der Waals surface area contributed by atoms with Crippen LogP contribution in [-0.4, -0.2) is 70.0 Å². The first-order valence-electron chi connectivity index (χ1n) is 17.4. The lowest BCUT2D eigenvalue weighted by Gasteiger charge is -2.32. The quantitative estimate of drug-likeness (QED) is 0.0564. The minimum atomic E-state index is -2.14. The van der Waals surface area contributed by atoms with Crippen LogP contribution in [0.1, 0.15) is 162 Å². The summed E-state index contributed by atoms with van der Waals surface area (Å²) < 4.78 is 17.3. The fourth-order valence-electron chi connectivity index (χ4n) is 6.19. The number of unbranched alkanes of at least 4 members (excludes halogenated alkanes) is 14. The van der Waals surface area contributed by atoms with Gasteiger partial charge in [0.15, 0.2) is 6.10 Å². The normalized spacial score (nSPS) is 23.4. The summed E-state index contributed by atoms with van der Waals surface area (Å²) in [6.45, 7) is 4.56. The second kappa shape index (κ2) is 21.5. The van der Waals surface area contributed by atoms with Crippen LogP contribution in [0.2, 0.25) is 0 Å². The molecule has 2 fully saturated rings. The molecule has 2 aliphatic heterocycles. The highest BCUT2D eigenvalue weighted by Crippen LogP contribution is 2.34. The van der Waals surface area contributed by atoms with Crippen LogP contribution in [0.3, 0.4) is 0 Å². The number of epoxide rings is 2. The molecule has 0 amide bonds. The van der Waals surface area contributed by atoms with E-state index in [-0.39, 0.29) is 25.2 Å². The molecule has 0 aromatic carbocycles. The van der Waals surface area contributed by atoms with E-state index in [9.17, 15) is 24.9 Å². The molecule has 6 unspecified atom stereocenters. The van der Waals surface area contributed by atoms with Crippen molar-refractivity contribution in [3.8, 4) is 0 Å². The van der Waals surface area contributed by atoms with Crippen LogP contribution >= 0.6 is 0 Å². The van der Waals surface area contributed by atoms with Crippen LogP contribution in [0.15, 0.2) is 0 Å². The Morgan fingerprint density at radius 1 is 0.619 bits per heavy atom. The molecular formula is C34H62O8. The van der Waals surface area contributed by atoms with Crippen molar-refractivity contribution in [2.45, 2.75) is 198 Å². The Kier molecular flexibility index (Phi) is 18.9. The van der Waals surface area contributed by atoms with Crippen LogP contribution in [0, 0.1) is 0 Å². The molecule has 0 bridgehead atoms. The van der Waals surface area contributed by atoms with E-state index >= 15 is 0 Å². The molecule has 2 aliphatic rings. The van der Waals surface area contributed by atoms with E-state index in [1.54, 1.807) is 0 Å². The second-order valence-electron chi connectivity index (χ2n) is 12.8. The molecule has 2 saturated heterocycles. The van der Waals surface area contributed by atoms with Gasteiger partial charge in [0.05, 0.1) is 24.4 Å². The molecule has 0 spiro atoms. The molecule has 8 nitrogen and oxygen atoms in total. The zero-order chi connectivity index (χ0) is 30.6. The summed E-state index contributed by atoms with van der Waals surface area (Å²) in [4.78, 5) is 23.8. The number of hydrogen-bond acceptors (Lipinski definition) is 6. The van der Waals surface area contributed by atoms with Crippen molar-refractivity contribution in [3.63, 3.8) is 0 Å². The van der Waals surface area contributed by atoms with Gasteiger partial charge in [0.1, 0.15) is 0 Å². The summed E-state index contributed by atoms with van der Waals surface area (Å²) >= 11 is 0. The molecule has 0 aromatic rings. The molecule has 0 aliphatic carbocycles. The van der Waals surface area contributed by atoms with E-state index in [1.165, 1.54) is 89.9 Å². The van der Waals surface area contributed by atoms with Crippen LogP contribution < -0.4 is 0 Å². The summed E-state index contributed by atoms with van der Waals surface area (Å²) in [7, 11) is 0. The van der Waals surface area contributed by atoms with E-state index < -0.39 is 23.6 Å². The first-order valence-corrected chi connectivity index (χ1v) is 17.4. The smallest absolute Gasteiger partial charge is 0.339 e. The van der Waals surface area contributed by atoms with E-state index in [2.05, 4.69) is 13.8 Å². The van der Waals surface area contributed by atoms with Crippen molar-refractivity contribution in [2.24, 2.45) is 0 Å². The van der Waals surface area contributed by atoms with Crippen molar-refractivity contribution in [1.82, 2.24) is 0 Å². The molecule has 2 heterocycles. The lowest BCUT2D eigenvalue weighted by atomic mass is 9.89. The second-order valence-corrected chi connectivity index (χ2v) is 12.8. The van der Waals surface area contributed by atoms with Gasteiger partial charge in [-0.1, -0.05) is 110 Å². The Morgan fingerprint density at radius 3 is 1.40 bits per heavy atom. The van der Waals surface area contributed by atoms with E-state index in [4.69, 9.17) is 14.2 Å². The Morgan fingerprint density at radius 2 is 1.00 bits per heavy atom. The van der Waals surface area contributed by atoms with Crippen molar-refractivity contribution in [1.29, 1.82) is 0 Å². The largest absolute Gasteiger partial charge is 0.479 e. The third-order valence-electron chi connectivity index (χ3n) is 9.13. The molecule has 246 valence electrons. The molecule has 6 atom stereocenters. The number of rotatable bonds is 30. The zero-order valence-corrected chi connectivity index (χ0v) is 26.7. The Balaban J connectivity index is 1.60. The number of ether oxygens (including phenoxy) is 3. The molecule has 0 radical (unpaired) electrons. The lowest BCUT2D eigenvalue weighted by molar-refractivity contribution is -0.195. The first kappa shape index (κ1) is 37.0. The van der Waals surface area contributed by atoms with E-state index in [1.807, 2.05) is 0 Å². The highest BCUT2D eigenvalue weighted by Gasteiger charge is 2.50. The zero-order valence-electron chi connectivity index (χ0n) is 26.7. The third-order valence-corrected chi connectivity index (χ3v) is 9.13. The van der Waals surface area contributed by atoms with Gasteiger partial charge in [-0.2, -0.15) is 0 Å². The van der Waals surface area contributed by atoms with Gasteiger partial charge in [0, 0.05) is 6.61 Å². The number of aliphatic hydroxyl groups excluding tert-OH is 1. The molecule has 8 heteroatoms. The summed E-state index contributed by atoms with van der Waals surface area (Å²) in [5, 5.41) is 29.8. The molecule has 0 aromatic heterocycles. The third kappa shape index (κ3) is 14.5. The Hall–Kier alpha value is -1.22. The standard InChI is InChI=1S/C34H62O8/c1-3-5-7-9-11-13-15-21-27-29(41-27)23-17-19-25-34(33(38)39,31(35)32(36)37)40-26-20-18-24-30-28(42-30)22-16-14-12-10-8-6-4-2/h27-31,35H,3-26H2,1-2H3,(H,36,37)(H,38,39). The van der Waals surface area contributed by atoms with Gasteiger partial charge in [-0.15, -0.1) is 0 Å². The Bertz CT molecular complexity index is 730. The SMILES string of the molecule is CCCCCCCCCC1OC1CCCCOC(CCCCC1OC1CCCCCCCCC)(C(=O)O)C(O)C(=O)O. The predicted octanol–water partition coefficient (Wildman–Crippen LogP) is 7.82. The summed E-state index contributed by atoms with van der Waals surface area (Å²) in [5.74, 6) is -2.99. The fourth-order valence-corrected chi connectivity index (χ4v) is 6.19. The molecule has 2 rings (SSSR count). The minimum absolute atomic E-state index is 0.0444. The van der Waals surface area contributed by atoms with Crippen molar-refractivity contribution in [2.75, 3.05) is 6.61 Å². The lowest BCUT2D eigenvalue weighted by Crippen LogP contribution is -2.55. The molecule has 0 saturated carbocycles. The van der Waals surface area contributed by atoms with E-state index in [0.717, 1.165) is 32.1 Å². The highest BCUT2D eigenvalue weighted by molar-refractivity contribution is 5.87. The average Bonchev–Trinajstić information content (AvgIpc) is 3.89. The van der Waals surface area contributed by atoms with Gasteiger partial charge in [-0.25, -0.2) is 9.59 Å². The van der Waals surface area contributed by atoms with Crippen LogP contribution in [0.5, 0.6) is 0 Å². The summed E-state index contributed by atoms with van der Waals surface area (Å²) in [6, 6.07) is 0. The van der Waals surface area contributed by atoms with Crippen molar-refractivity contribution >= 4 is 11.9 Å². The highest BCUT2D eigenvalue weighted by atomic mass is 16.6. The van der Waals surface area contributed by atoms with E-state index in [0.29, 0.717) is 31.5 Å². The van der Waals surface area contributed by atoms with Crippen molar-refractivity contribution in [3.05, 3.63) is 0 Å². The van der Waals surface area contributed by atoms with Crippen molar-refractivity contribution < 1.29 is 39.1 Å². The van der Waals surface area contributed by atoms with Gasteiger partial charge in [-0.3, -0.25) is 0 Å². The summed E-state index contributed by atoms with van der Waals surface area (Å²) in [5.41, 5.74) is -2.14. The Labute approximate surface area is 255 Å². The van der Waals surface area contributed by atoms with Gasteiger partial charge in [-0.05, 0) is 51.4 Å². The van der Waals surface area contributed by atoms with Crippen LogP contribution in [-0.2, 0) is 23.8 Å². The molecular weight excluding hydrogens is 536 g/mol. The number of aliphatic hydroxyl groups is 1. The maximum Gasteiger partial charge on any atom is 0.339 e. The molecule has 42 heavy (non-hydrogen) atoms. The number of carboxylic acids is 2. The van der Waals surface area contributed by atoms with Gasteiger partial charge < -0.3 is 29.5 Å². The number of carboxylic acid groups (broad SMARTS) is 2. The first-order chi connectivity index (χ1) is 20.4. The van der Waals surface area contributed by atoms with Gasteiger partial charge in [0.25, 0.3) is 0 Å². The monoisotopic (exact) mass is 598 g/mol. The summed E-state index contributed by atoms with van der Waals surface area (Å²) in [6.07, 6.45) is 23.4. The van der Waals surface area contributed by atoms with Crippen LogP contribution in [0.4, 0.5) is 0 Å². The topological polar surface area (TPSA) is 129 Å². The number of hydrogen-bond donors (Lipinski definition) is 3.